The molecule has 0 unspecified atom stereocenters. The minimum absolute atomic E-state index is 0.602. The molecule has 0 fully saturated rings. The normalized spacial score (nSPS) is 12.0. The summed E-state index contributed by atoms with van der Waals surface area (Å²) in [5.74, 6) is 1.86. The maximum Gasteiger partial charge on any atom is 0.164 e. The Morgan fingerprint density at radius 2 is 0.909 bits per heavy atom. The van der Waals surface area contributed by atoms with Gasteiger partial charge in [-0.15, -0.1) is 0 Å². The topological polar surface area (TPSA) is 51.8 Å². The molecule has 1 aliphatic rings. The van der Waals surface area contributed by atoms with Gasteiger partial charge in [0.2, 0.25) is 0 Å². The van der Waals surface area contributed by atoms with E-state index in [4.69, 9.17) is 19.4 Å². The zero-order chi connectivity index (χ0) is 36.0. The van der Waals surface area contributed by atoms with Crippen molar-refractivity contribution in [1.29, 1.82) is 0 Å². The fraction of sp³-hybridized carbons (Fsp3) is 0. The van der Waals surface area contributed by atoms with Gasteiger partial charge in [-0.05, 0) is 90.0 Å². The molecule has 0 N–H and O–H groups in total. The number of rotatable bonds is 4. The van der Waals surface area contributed by atoms with Gasteiger partial charge in [-0.2, -0.15) is 0 Å². The maximum atomic E-state index is 6.66. The van der Waals surface area contributed by atoms with Gasteiger partial charge in [-0.3, -0.25) is 0 Å². The summed E-state index contributed by atoms with van der Waals surface area (Å²) in [5.41, 5.74) is 11.9. The van der Waals surface area contributed by atoms with E-state index >= 15 is 0 Å². The molecule has 55 heavy (non-hydrogen) atoms. The number of fused-ring (bicyclic) bond motifs is 9. The largest absolute Gasteiger partial charge is 0.456 e. The molecule has 4 nitrogen and oxygen atoms in total. The lowest BCUT2D eigenvalue weighted by atomic mass is 9.93. The molecular formula is C51H29N3O. The van der Waals surface area contributed by atoms with Crippen molar-refractivity contribution in [2.24, 2.45) is 0 Å². The molecule has 0 atom stereocenters. The molecule has 12 rings (SSSR count). The van der Waals surface area contributed by atoms with Gasteiger partial charge in [-0.25, -0.2) is 15.0 Å². The number of furan rings is 1. The van der Waals surface area contributed by atoms with Gasteiger partial charge in [0.1, 0.15) is 11.2 Å². The Kier molecular flexibility index (Phi) is 6.31. The predicted octanol–water partition coefficient (Wildman–Crippen LogP) is 13.5. The molecule has 0 aliphatic heterocycles. The van der Waals surface area contributed by atoms with Crippen molar-refractivity contribution in [3.05, 3.63) is 176 Å². The van der Waals surface area contributed by atoms with E-state index in [1.54, 1.807) is 0 Å². The third kappa shape index (κ3) is 4.49. The molecule has 2 heterocycles. The Bertz CT molecular complexity index is 3350. The molecule has 0 amide bonds. The third-order valence-electron chi connectivity index (χ3n) is 11.3. The van der Waals surface area contributed by atoms with Gasteiger partial charge < -0.3 is 4.42 Å². The first-order chi connectivity index (χ1) is 27.3. The lowest BCUT2D eigenvalue weighted by Crippen LogP contribution is -2.01. The molecule has 4 heteroatoms. The Morgan fingerprint density at radius 3 is 1.76 bits per heavy atom. The van der Waals surface area contributed by atoms with Crippen LogP contribution in [0.4, 0.5) is 0 Å². The van der Waals surface area contributed by atoms with Crippen LogP contribution >= 0.6 is 0 Å². The number of hydrogen-bond acceptors (Lipinski definition) is 4. The Labute approximate surface area is 316 Å². The molecule has 0 saturated heterocycles. The number of hydrogen-bond donors (Lipinski definition) is 0. The lowest BCUT2D eigenvalue weighted by Gasteiger charge is -2.12. The molecule has 0 spiro atoms. The molecule has 1 aliphatic carbocycles. The molecule has 9 aromatic carbocycles. The van der Waals surface area contributed by atoms with Crippen LogP contribution in [-0.2, 0) is 0 Å². The monoisotopic (exact) mass is 699 g/mol. The summed E-state index contributed by atoms with van der Waals surface area (Å²) in [4.78, 5) is 15.6. The maximum absolute atomic E-state index is 6.66. The summed E-state index contributed by atoms with van der Waals surface area (Å²) in [6.45, 7) is 0. The molecular weight excluding hydrogens is 671 g/mol. The fourth-order valence-corrected chi connectivity index (χ4v) is 8.81. The van der Waals surface area contributed by atoms with Crippen LogP contribution in [0.2, 0.25) is 0 Å². The van der Waals surface area contributed by atoms with Crippen molar-refractivity contribution < 1.29 is 4.42 Å². The van der Waals surface area contributed by atoms with Gasteiger partial charge in [0, 0.05) is 27.5 Å². The van der Waals surface area contributed by atoms with Gasteiger partial charge in [0.05, 0.1) is 0 Å². The van der Waals surface area contributed by atoms with E-state index < -0.39 is 0 Å². The van der Waals surface area contributed by atoms with Crippen molar-refractivity contribution in [2.45, 2.75) is 0 Å². The number of benzene rings is 9. The molecule has 2 aromatic heterocycles. The fourth-order valence-electron chi connectivity index (χ4n) is 8.81. The van der Waals surface area contributed by atoms with Gasteiger partial charge in [-0.1, -0.05) is 152 Å². The van der Waals surface area contributed by atoms with E-state index in [2.05, 4.69) is 146 Å². The first kappa shape index (κ1) is 30.1. The molecule has 0 saturated carbocycles. The van der Waals surface area contributed by atoms with Crippen LogP contribution in [0.25, 0.3) is 122 Å². The number of aromatic nitrogens is 3. The summed E-state index contributed by atoms with van der Waals surface area (Å²) >= 11 is 0. The van der Waals surface area contributed by atoms with Gasteiger partial charge in [0.15, 0.2) is 17.5 Å². The second-order valence-corrected chi connectivity index (χ2v) is 14.3. The van der Waals surface area contributed by atoms with Crippen molar-refractivity contribution in [3.8, 4) is 67.5 Å². The zero-order valence-electron chi connectivity index (χ0n) is 29.5. The lowest BCUT2D eigenvalue weighted by molar-refractivity contribution is 0.669. The van der Waals surface area contributed by atoms with Crippen LogP contribution in [0.1, 0.15) is 0 Å². The van der Waals surface area contributed by atoms with Crippen LogP contribution in [-0.4, -0.2) is 15.0 Å². The molecule has 254 valence electrons. The second-order valence-electron chi connectivity index (χ2n) is 14.3. The van der Waals surface area contributed by atoms with Crippen LogP contribution in [0.15, 0.2) is 180 Å². The van der Waals surface area contributed by atoms with Gasteiger partial charge in [0.25, 0.3) is 0 Å². The van der Waals surface area contributed by atoms with Crippen LogP contribution in [0.3, 0.4) is 0 Å². The van der Waals surface area contributed by atoms with Gasteiger partial charge >= 0.3 is 0 Å². The minimum Gasteiger partial charge on any atom is -0.456 e. The Balaban J connectivity index is 1.06. The molecule has 11 aromatic rings. The summed E-state index contributed by atoms with van der Waals surface area (Å²) < 4.78 is 6.66. The average Bonchev–Trinajstić information content (AvgIpc) is 3.80. The smallest absolute Gasteiger partial charge is 0.164 e. The van der Waals surface area contributed by atoms with Crippen molar-refractivity contribution in [3.63, 3.8) is 0 Å². The zero-order valence-corrected chi connectivity index (χ0v) is 29.5. The third-order valence-corrected chi connectivity index (χ3v) is 11.3. The highest BCUT2D eigenvalue weighted by molar-refractivity contribution is 6.19. The second kappa shape index (κ2) is 11.5. The Morgan fingerprint density at radius 1 is 0.291 bits per heavy atom. The molecule has 0 radical (unpaired) electrons. The highest BCUT2D eigenvalue weighted by Gasteiger charge is 2.23. The van der Waals surface area contributed by atoms with E-state index in [0.717, 1.165) is 55.0 Å². The number of nitrogens with zero attached hydrogens (tertiary/aromatic N) is 3. The first-order valence-electron chi connectivity index (χ1n) is 18.6. The van der Waals surface area contributed by atoms with E-state index in [-0.39, 0.29) is 0 Å². The van der Waals surface area contributed by atoms with E-state index in [1.807, 2.05) is 30.3 Å². The predicted molar refractivity (Wildman–Crippen MR) is 226 cm³/mol. The highest BCUT2D eigenvalue weighted by Crippen LogP contribution is 2.49. The summed E-state index contributed by atoms with van der Waals surface area (Å²) in [5, 5.41) is 9.18. The summed E-state index contributed by atoms with van der Waals surface area (Å²) in [6, 6.07) is 62.0. The molecule has 0 bridgehead atoms. The minimum atomic E-state index is 0.602. The SMILES string of the molecule is c1ccc(-c2nc(-c3cc4ccccc4c4ccccc34)nc(-c3cccc4oc5cc(-c6ccc7c8c(cccc68)-c6ccccc6-7)ccc5c34)n2)cc1. The van der Waals surface area contributed by atoms with Crippen molar-refractivity contribution in [2.75, 3.05) is 0 Å². The summed E-state index contributed by atoms with van der Waals surface area (Å²) in [7, 11) is 0. The van der Waals surface area contributed by atoms with Crippen molar-refractivity contribution in [1.82, 2.24) is 15.0 Å². The highest BCUT2D eigenvalue weighted by atomic mass is 16.3. The van der Waals surface area contributed by atoms with Crippen LogP contribution in [0.5, 0.6) is 0 Å². The Hall–Kier alpha value is -7.43. The van der Waals surface area contributed by atoms with E-state index in [9.17, 15) is 0 Å². The standard InChI is InChI=1S/C51H29N3O/c1-2-12-30(13-3-1)49-52-50(54-51(53-49)44-28-31-14-4-5-15-33(31)35-16-6-9-19-38(35)44)43-22-11-23-45-48(43)42-25-24-32(29-46(42)55-45)34-26-27-41-37-18-8-7-17-36(37)40-21-10-20-39(34)47(40)41/h1-29H. The quantitative estimate of drug-likeness (QED) is 0.172. The van der Waals surface area contributed by atoms with Crippen LogP contribution < -0.4 is 0 Å². The van der Waals surface area contributed by atoms with E-state index in [1.165, 1.54) is 49.4 Å². The first-order valence-corrected chi connectivity index (χ1v) is 18.6. The van der Waals surface area contributed by atoms with E-state index in [0.29, 0.717) is 17.5 Å². The average molecular weight is 700 g/mol. The van der Waals surface area contributed by atoms with Crippen LogP contribution in [0, 0.1) is 0 Å². The van der Waals surface area contributed by atoms with Crippen molar-refractivity contribution >= 4 is 54.3 Å². The summed E-state index contributed by atoms with van der Waals surface area (Å²) in [6.07, 6.45) is 0.